The average Bonchev–Trinajstić information content (AvgIpc) is 3.80. The number of aliphatic hydroxyl groups is 1. The Hall–Kier alpha value is -5.54. The highest BCUT2D eigenvalue weighted by molar-refractivity contribution is 7.92. The maximum atomic E-state index is 14.5. The van der Waals surface area contributed by atoms with Crippen molar-refractivity contribution < 1.29 is 45.0 Å². The number of hydrogen-bond donors (Lipinski definition) is 5. The van der Waals surface area contributed by atoms with Gasteiger partial charge in [-0.1, -0.05) is 18.1 Å². The van der Waals surface area contributed by atoms with E-state index in [-0.39, 0.29) is 53.3 Å². The molecule has 290 valence electrons. The number of pyridine rings is 1. The molecular weight excluding hydrogens is 750 g/mol. The fourth-order valence-corrected chi connectivity index (χ4v) is 6.93. The molecule has 2 aliphatic rings. The van der Waals surface area contributed by atoms with Crippen LogP contribution in [0.1, 0.15) is 43.3 Å². The molecule has 1 aliphatic carbocycles. The van der Waals surface area contributed by atoms with Crippen LogP contribution in [0.15, 0.2) is 60.0 Å². The van der Waals surface area contributed by atoms with E-state index in [4.69, 9.17) is 15.1 Å². The number of fused-ring (bicyclic) bond motifs is 2. The monoisotopic (exact) mass is 785 g/mol. The van der Waals surface area contributed by atoms with Crippen LogP contribution in [0.5, 0.6) is 0 Å². The lowest BCUT2D eigenvalue weighted by atomic mass is 9.93. The van der Waals surface area contributed by atoms with Crippen LogP contribution in [0.2, 0.25) is 0 Å². The summed E-state index contributed by atoms with van der Waals surface area (Å²) in [5.74, 6) is 1.92. The van der Waals surface area contributed by atoms with Gasteiger partial charge in [0.15, 0.2) is 17.3 Å². The predicted molar refractivity (Wildman–Crippen MR) is 193 cm³/mol. The lowest BCUT2D eigenvalue weighted by Gasteiger charge is -2.25. The number of alkyl halides is 3. The summed E-state index contributed by atoms with van der Waals surface area (Å²) >= 11 is 0. The number of carbonyl (C=O) groups excluding carboxylic acids is 1. The van der Waals surface area contributed by atoms with Crippen LogP contribution in [-0.2, 0) is 33.0 Å². The Kier molecular flexibility index (Phi) is 10.4. The fraction of sp³-hybridized carbons (Fsp3) is 0.351. The van der Waals surface area contributed by atoms with Crippen LogP contribution in [0, 0.1) is 40.7 Å². The minimum absolute atomic E-state index is 0.0124. The molecule has 1 aliphatic heterocycles. The SMILES string of the molecule is Cn1nc(NS(C)(=O)=O)c2cccc(-c3ccc(C#CC(C)(C)O)nc3[C@H](Cc3cc(F)cc(F)c3)NC(=O)CNC3=C(C(=N)C(F)(F)F)OCC4CC34)c21. The summed E-state index contributed by atoms with van der Waals surface area (Å²) in [6.07, 6.45) is -3.73. The molecule has 5 N–H and O–H groups in total. The van der Waals surface area contributed by atoms with E-state index in [2.05, 4.69) is 32.3 Å². The van der Waals surface area contributed by atoms with E-state index in [0.717, 1.165) is 18.4 Å². The number of rotatable bonds is 11. The largest absolute Gasteiger partial charge is 0.489 e. The highest BCUT2D eigenvalue weighted by Gasteiger charge is 2.50. The normalized spacial score (nSPS) is 17.4. The molecule has 12 nitrogen and oxygen atoms in total. The number of para-hydroxylation sites is 1. The Morgan fingerprint density at radius 2 is 1.84 bits per heavy atom. The third-order valence-corrected chi connectivity index (χ3v) is 9.38. The number of anilines is 1. The van der Waals surface area contributed by atoms with Crippen LogP contribution >= 0.6 is 0 Å². The lowest BCUT2D eigenvalue weighted by molar-refractivity contribution is -0.120. The van der Waals surface area contributed by atoms with Crippen molar-refractivity contribution in [3.8, 4) is 23.0 Å². The second-order valence-electron chi connectivity index (χ2n) is 14.0. The van der Waals surface area contributed by atoms with Gasteiger partial charge in [-0.3, -0.25) is 19.6 Å². The Bertz CT molecular complexity index is 2390. The van der Waals surface area contributed by atoms with Gasteiger partial charge in [-0.05, 0) is 68.5 Å². The minimum Gasteiger partial charge on any atom is -0.489 e. The predicted octanol–water partition coefficient (Wildman–Crippen LogP) is 4.86. The molecule has 0 bridgehead atoms. The summed E-state index contributed by atoms with van der Waals surface area (Å²) in [4.78, 5) is 18.5. The topological polar surface area (TPSA) is 171 Å². The molecule has 18 heteroatoms. The first-order valence-corrected chi connectivity index (χ1v) is 18.8. The zero-order chi connectivity index (χ0) is 40.0. The van der Waals surface area contributed by atoms with Gasteiger partial charge in [-0.15, -0.1) is 0 Å². The lowest BCUT2D eigenvalue weighted by Crippen LogP contribution is -2.39. The van der Waals surface area contributed by atoms with E-state index in [1.807, 2.05) is 0 Å². The van der Waals surface area contributed by atoms with E-state index in [9.17, 15) is 40.3 Å². The average molecular weight is 786 g/mol. The number of nitrogens with one attached hydrogen (secondary N) is 4. The van der Waals surface area contributed by atoms with Gasteiger partial charge in [-0.25, -0.2) is 22.2 Å². The van der Waals surface area contributed by atoms with E-state index in [1.54, 1.807) is 37.4 Å². The zero-order valence-electron chi connectivity index (χ0n) is 29.9. The molecule has 6 rings (SSSR count). The van der Waals surface area contributed by atoms with Crippen molar-refractivity contribution >= 4 is 38.4 Å². The number of ether oxygens (including phenoxy) is 1. The standard InChI is InChI=1S/C37H36F5N7O5S/c1-36(2,51)11-10-23-8-9-24(25-6-5-7-26-32(25)49(3)47-35(26)48-55(4,52)53)30(45-23)28(14-19-12-21(38)16-22(39)13-19)46-29(50)17-44-31-27-15-20(27)18-54-33(31)34(43)37(40,41)42/h5-9,12-13,16,20,27-28,43-44,51H,14-15,17-18H2,1-4H3,(H,46,50)(H,47,48)/t20?,27?,28-/m0/s1. The van der Waals surface area contributed by atoms with Crippen molar-refractivity contribution in [1.29, 1.82) is 5.41 Å². The first-order valence-electron chi connectivity index (χ1n) is 16.9. The highest BCUT2D eigenvalue weighted by atomic mass is 32.2. The van der Waals surface area contributed by atoms with Crippen molar-refractivity contribution in [3.63, 3.8) is 0 Å². The molecule has 1 saturated carbocycles. The summed E-state index contributed by atoms with van der Waals surface area (Å²) in [6.45, 7) is 2.38. The number of aryl methyl sites for hydroxylation is 1. The van der Waals surface area contributed by atoms with E-state index < -0.39 is 63.4 Å². The second kappa shape index (κ2) is 14.6. The number of aromatic nitrogens is 3. The van der Waals surface area contributed by atoms with Crippen molar-refractivity contribution in [3.05, 3.63) is 88.6 Å². The highest BCUT2D eigenvalue weighted by Crippen LogP contribution is 2.48. The van der Waals surface area contributed by atoms with Crippen LogP contribution in [0.4, 0.5) is 27.8 Å². The minimum atomic E-state index is -4.99. The van der Waals surface area contributed by atoms with Crippen molar-refractivity contribution in [2.24, 2.45) is 18.9 Å². The molecular formula is C37H36F5N7O5S. The molecule has 3 heterocycles. The van der Waals surface area contributed by atoms with Crippen LogP contribution in [-0.4, -0.2) is 71.1 Å². The van der Waals surface area contributed by atoms with Crippen LogP contribution < -0.4 is 15.4 Å². The number of halogens is 5. The Labute approximate surface area is 312 Å². The van der Waals surface area contributed by atoms with Crippen molar-refractivity contribution in [2.45, 2.75) is 44.5 Å². The Morgan fingerprint density at radius 3 is 2.49 bits per heavy atom. The number of benzene rings is 2. The van der Waals surface area contributed by atoms with Gasteiger partial charge in [-0.2, -0.15) is 18.3 Å². The zero-order valence-corrected chi connectivity index (χ0v) is 30.7. The molecule has 2 unspecified atom stereocenters. The van der Waals surface area contributed by atoms with Gasteiger partial charge >= 0.3 is 6.18 Å². The molecule has 3 atom stereocenters. The van der Waals surface area contributed by atoms with Crippen LogP contribution in [0.25, 0.3) is 22.0 Å². The second-order valence-corrected chi connectivity index (χ2v) is 15.7. The first-order chi connectivity index (χ1) is 25.7. The van der Waals surface area contributed by atoms with E-state index in [0.29, 0.717) is 34.5 Å². The third-order valence-electron chi connectivity index (χ3n) is 8.82. The maximum Gasteiger partial charge on any atom is 0.436 e. The molecule has 2 aromatic carbocycles. The number of amides is 1. The summed E-state index contributed by atoms with van der Waals surface area (Å²) in [7, 11) is -2.14. The fourth-order valence-electron chi connectivity index (χ4n) is 6.43. The molecule has 4 aromatic rings. The van der Waals surface area contributed by atoms with Gasteiger partial charge in [0.05, 0.1) is 42.4 Å². The third kappa shape index (κ3) is 9.23. The smallest absolute Gasteiger partial charge is 0.436 e. The first kappa shape index (κ1) is 39.2. The number of sulfonamides is 1. The molecule has 55 heavy (non-hydrogen) atoms. The number of nitrogens with zero attached hydrogens (tertiary/aromatic N) is 3. The Balaban J connectivity index is 1.45. The van der Waals surface area contributed by atoms with Gasteiger partial charge in [0, 0.05) is 41.5 Å². The van der Waals surface area contributed by atoms with E-state index in [1.165, 1.54) is 18.5 Å². The molecule has 2 aromatic heterocycles. The number of carbonyl (C=O) groups is 1. The summed E-state index contributed by atoms with van der Waals surface area (Å²) < 4.78 is 103. The maximum absolute atomic E-state index is 14.5. The summed E-state index contributed by atoms with van der Waals surface area (Å²) in [5.41, 5.74) is -1.37. The van der Waals surface area contributed by atoms with Gasteiger partial charge in [0.1, 0.15) is 22.9 Å². The quantitative estimate of drug-likeness (QED) is 0.0816. The van der Waals surface area contributed by atoms with Crippen LogP contribution in [0.3, 0.4) is 0 Å². The van der Waals surface area contributed by atoms with E-state index >= 15 is 0 Å². The molecule has 0 spiro atoms. The molecule has 0 saturated heterocycles. The van der Waals surface area contributed by atoms with Crippen molar-refractivity contribution in [2.75, 3.05) is 24.1 Å². The molecule has 1 fully saturated rings. The van der Waals surface area contributed by atoms with Gasteiger partial charge < -0.3 is 20.5 Å². The van der Waals surface area contributed by atoms with Gasteiger partial charge in [0.25, 0.3) is 0 Å². The Morgan fingerprint density at radius 1 is 1.13 bits per heavy atom. The summed E-state index contributed by atoms with van der Waals surface area (Å²) in [6, 6.07) is 9.88. The summed E-state index contributed by atoms with van der Waals surface area (Å²) in [5, 5.41) is 28.3. The molecule has 0 radical (unpaired) electrons. The number of hydrogen-bond acceptors (Lipinski definition) is 9. The van der Waals surface area contributed by atoms with Gasteiger partial charge in [0.2, 0.25) is 15.9 Å². The van der Waals surface area contributed by atoms with Crippen molar-refractivity contribution in [1.82, 2.24) is 25.4 Å². The molecule has 1 amide bonds. The number of allylic oxidation sites excluding steroid dienone is 2.